The highest BCUT2D eigenvalue weighted by Crippen LogP contribution is 2.35. The van der Waals surface area contributed by atoms with Crippen LogP contribution in [-0.4, -0.2) is 29.1 Å². The first kappa shape index (κ1) is 13.8. The lowest BCUT2D eigenvalue weighted by Crippen LogP contribution is -2.42. The van der Waals surface area contributed by atoms with Crippen LogP contribution in [0, 0.1) is 5.41 Å². The van der Waals surface area contributed by atoms with Gasteiger partial charge in [-0.05, 0) is 12.8 Å². The SMILES string of the molecule is O=C(NCC1(CO)CCCCC1)c1c[nH]ccc1=O. The number of aliphatic hydroxyl groups excluding tert-OH is 1. The monoisotopic (exact) mass is 264 g/mol. The first-order chi connectivity index (χ1) is 9.17. The fraction of sp³-hybridized carbons (Fsp3) is 0.571. The second kappa shape index (κ2) is 6.02. The van der Waals surface area contributed by atoms with Gasteiger partial charge in [0.1, 0.15) is 5.56 Å². The topological polar surface area (TPSA) is 82.2 Å². The van der Waals surface area contributed by atoms with Gasteiger partial charge in [0, 0.05) is 30.4 Å². The van der Waals surface area contributed by atoms with Crippen LogP contribution in [0.5, 0.6) is 0 Å². The fourth-order valence-corrected chi connectivity index (χ4v) is 2.65. The van der Waals surface area contributed by atoms with Gasteiger partial charge < -0.3 is 15.4 Å². The standard InChI is InChI=1S/C14H20N2O3/c17-10-14(5-2-1-3-6-14)9-16-13(19)11-8-15-7-4-12(11)18/h4,7-8,17H,1-3,5-6,9-10H2,(H,15,18)(H,16,19). The number of H-pyrrole nitrogens is 1. The van der Waals surface area contributed by atoms with Gasteiger partial charge in [0.05, 0.1) is 6.61 Å². The lowest BCUT2D eigenvalue weighted by molar-refractivity contribution is 0.0717. The molecule has 1 amide bonds. The van der Waals surface area contributed by atoms with Gasteiger partial charge in [0.15, 0.2) is 5.43 Å². The van der Waals surface area contributed by atoms with E-state index in [-0.39, 0.29) is 28.9 Å². The van der Waals surface area contributed by atoms with Crippen molar-refractivity contribution in [2.45, 2.75) is 32.1 Å². The second-order valence-corrected chi connectivity index (χ2v) is 5.32. The molecule has 104 valence electrons. The van der Waals surface area contributed by atoms with E-state index < -0.39 is 0 Å². The zero-order valence-electron chi connectivity index (χ0n) is 10.9. The van der Waals surface area contributed by atoms with Crippen LogP contribution in [0.25, 0.3) is 0 Å². The summed E-state index contributed by atoms with van der Waals surface area (Å²) in [5.41, 5.74) is -0.389. The predicted molar refractivity (Wildman–Crippen MR) is 72.0 cm³/mol. The smallest absolute Gasteiger partial charge is 0.256 e. The average molecular weight is 264 g/mol. The number of hydrogen-bond acceptors (Lipinski definition) is 3. The number of rotatable bonds is 4. The Balaban J connectivity index is 2.00. The Bertz CT molecular complexity index is 489. The summed E-state index contributed by atoms with van der Waals surface area (Å²) in [5, 5.41) is 12.3. The quantitative estimate of drug-likeness (QED) is 0.760. The molecule has 1 aromatic rings. The minimum atomic E-state index is -0.375. The maximum absolute atomic E-state index is 12.0. The van der Waals surface area contributed by atoms with E-state index >= 15 is 0 Å². The van der Waals surface area contributed by atoms with Crippen LogP contribution in [0.2, 0.25) is 0 Å². The molecular weight excluding hydrogens is 244 g/mol. The molecule has 0 aliphatic heterocycles. The number of aromatic nitrogens is 1. The highest BCUT2D eigenvalue weighted by molar-refractivity contribution is 5.93. The zero-order chi connectivity index (χ0) is 13.7. The third-order valence-electron chi connectivity index (χ3n) is 3.94. The van der Waals surface area contributed by atoms with Gasteiger partial charge in [-0.2, -0.15) is 0 Å². The van der Waals surface area contributed by atoms with E-state index in [1.807, 2.05) is 0 Å². The van der Waals surface area contributed by atoms with Crippen LogP contribution < -0.4 is 10.7 Å². The first-order valence-corrected chi connectivity index (χ1v) is 6.73. The number of nitrogens with one attached hydrogen (secondary N) is 2. The van der Waals surface area contributed by atoms with E-state index in [0.29, 0.717) is 6.54 Å². The molecule has 0 bridgehead atoms. The van der Waals surface area contributed by atoms with Crippen LogP contribution in [0.3, 0.4) is 0 Å². The number of pyridine rings is 1. The highest BCUT2D eigenvalue weighted by Gasteiger charge is 2.31. The number of carbonyl (C=O) groups excluding carboxylic acids is 1. The molecule has 1 fully saturated rings. The molecule has 0 spiro atoms. The van der Waals surface area contributed by atoms with Crippen molar-refractivity contribution in [3.8, 4) is 0 Å². The van der Waals surface area contributed by atoms with Crippen LogP contribution in [0.15, 0.2) is 23.3 Å². The molecule has 1 aromatic heterocycles. The maximum Gasteiger partial charge on any atom is 0.256 e. The summed E-state index contributed by atoms with van der Waals surface area (Å²) in [5.74, 6) is -0.375. The summed E-state index contributed by atoms with van der Waals surface area (Å²) in [6.07, 6.45) is 8.11. The first-order valence-electron chi connectivity index (χ1n) is 6.73. The van der Waals surface area contributed by atoms with Gasteiger partial charge in [-0.15, -0.1) is 0 Å². The van der Waals surface area contributed by atoms with Gasteiger partial charge in [-0.3, -0.25) is 9.59 Å². The van der Waals surface area contributed by atoms with Crippen LogP contribution in [0.4, 0.5) is 0 Å². The molecule has 19 heavy (non-hydrogen) atoms. The Morgan fingerprint density at radius 2 is 2.11 bits per heavy atom. The number of amides is 1. The molecule has 0 atom stereocenters. The van der Waals surface area contributed by atoms with Gasteiger partial charge in [0.25, 0.3) is 5.91 Å². The Morgan fingerprint density at radius 1 is 1.37 bits per heavy atom. The van der Waals surface area contributed by atoms with E-state index in [4.69, 9.17) is 0 Å². The molecule has 0 unspecified atom stereocenters. The number of carbonyl (C=O) groups is 1. The minimum Gasteiger partial charge on any atom is -0.396 e. The molecule has 5 nitrogen and oxygen atoms in total. The van der Waals surface area contributed by atoms with Crippen molar-refractivity contribution in [2.24, 2.45) is 5.41 Å². The molecule has 3 N–H and O–H groups in total. The van der Waals surface area contributed by atoms with E-state index in [9.17, 15) is 14.7 Å². The third kappa shape index (κ3) is 3.23. The zero-order valence-corrected chi connectivity index (χ0v) is 10.9. The van der Waals surface area contributed by atoms with Crippen LogP contribution in [0.1, 0.15) is 42.5 Å². The summed E-state index contributed by atoms with van der Waals surface area (Å²) in [6.45, 7) is 0.509. The predicted octanol–water partition coefficient (Wildman–Crippen LogP) is 1.05. The van der Waals surface area contributed by atoms with Crippen molar-refractivity contribution in [3.05, 3.63) is 34.2 Å². The average Bonchev–Trinajstić information content (AvgIpc) is 2.46. The summed E-state index contributed by atoms with van der Waals surface area (Å²) >= 11 is 0. The molecular formula is C14H20N2O3. The second-order valence-electron chi connectivity index (χ2n) is 5.32. The van der Waals surface area contributed by atoms with E-state index in [1.165, 1.54) is 24.9 Å². The van der Waals surface area contributed by atoms with Crippen molar-refractivity contribution in [2.75, 3.05) is 13.2 Å². The molecule has 1 aliphatic rings. The van der Waals surface area contributed by atoms with Gasteiger partial charge >= 0.3 is 0 Å². The Morgan fingerprint density at radius 3 is 2.74 bits per heavy atom. The Kier molecular flexibility index (Phi) is 4.37. The van der Waals surface area contributed by atoms with Crippen molar-refractivity contribution < 1.29 is 9.90 Å². The van der Waals surface area contributed by atoms with Gasteiger partial charge in [0.2, 0.25) is 0 Å². The van der Waals surface area contributed by atoms with Crippen LogP contribution >= 0.6 is 0 Å². The summed E-state index contributed by atoms with van der Waals surface area (Å²) in [4.78, 5) is 26.2. The summed E-state index contributed by atoms with van der Waals surface area (Å²) in [6, 6.07) is 1.33. The lowest BCUT2D eigenvalue weighted by Gasteiger charge is -2.35. The largest absolute Gasteiger partial charge is 0.396 e. The van der Waals surface area contributed by atoms with E-state index in [0.717, 1.165) is 25.7 Å². The van der Waals surface area contributed by atoms with E-state index in [2.05, 4.69) is 10.3 Å². The van der Waals surface area contributed by atoms with E-state index in [1.54, 1.807) is 0 Å². The maximum atomic E-state index is 12.0. The third-order valence-corrected chi connectivity index (χ3v) is 3.94. The molecule has 2 rings (SSSR count). The van der Waals surface area contributed by atoms with Gasteiger partial charge in [-0.1, -0.05) is 19.3 Å². The lowest BCUT2D eigenvalue weighted by atomic mass is 9.74. The molecule has 1 heterocycles. The number of hydrogen-bond donors (Lipinski definition) is 3. The molecule has 1 aliphatic carbocycles. The summed E-state index contributed by atoms with van der Waals surface area (Å²) in [7, 11) is 0. The molecule has 0 saturated heterocycles. The summed E-state index contributed by atoms with van der Waals surface area (Å²) < 4.78 is 0. The number of aromatic amines is 1. The van der Waals surface area contributed by atoms with Crippen molar-refractivity contribution >= 4 is 5.91 Å². The Hall–Kier alpha value is -1.62. The van der Waals surface area contributed by atoms with Crippen molar-refractivity contribution in [3.63, 3.8) is 0 Å². The van der Waals surface area contributed by atoms with Crippen molar-refractivity contribution in [1.82, 2.24) is 10.3 Å². The molecule has 5 heteroatoms. The Labute approximate surface area is 112 Å². The fourth-order valence-electron chi connectivity index (χ4n) is 2.65. The molecule has 0 aromatic carbocycles. The number of aliphatic hydroxyl groups is 1. The van der Waals surface area contributed by atoms with Gasteiger partial charge in [-0.25, -0.2) is 0 Å². The highest BCUT2D eigenvalue weighted by atomic mass is 16.3. The normalized spacial score (nSPS) is 17.9. The van der Waals surface area contributed by atoms with Crippen LogP contribution in [-0.2, 0) is 0 Å². The molecule has 0 radical (unpaired) electrons. The molecule has 1 saturated carbocycles. The van der Waals surface area contributed by atoms with Crippen molar-refractivity contribution in [1.29, 1.82) is 0 Å². The minimum absolute atomic E-state index is 0.0818.